The van der Waals surface area contributed by atoms with Crippen molar-refractivity contribution < 1.29 is 14.3 Å². The predicted octanol–water partition coefficient (Wildman–Crippen LogP) is 4.99. The molecule has 0 atom stereocenters. The minimum Gasteiger partial charge on any atom is -0.493 e. The largest absolute Gasteiger partial charge is 0.493 e. The lowest BCUT2D eigenvalue weighted by Gasteiger charge is -2.41. The Labute approximate surface area is 201 Å². The number of carbonyl (C=O) groups excluding carboxylic acids is 1. The Morgan fingerprint density at radius 3 is 2.21 bits per heavy atom. The number of thioether (sulfide) groups is 1. The number of hydrogen-bond acceptors (Lipinski definition) is 6. The first kappa shape index (κ1) is 23.9. The molecule has 0 unspecified atom stereocenters. The van der Waals surface area contributed by atoms with Gasteiger partial charge in [0, 0.05) is 19.1 Å². The van der Waals surface area contributed by atoms with Gasteiger partial charge in [-0.15, -0.1) is 10.2 Å². The van der Waals surface area contributed by atoms with Crippen molar-refractivity contribution in [2.75, 3.05) is 12.9 Å². The number of nitrogens with zero attached hydrogens (tertiary/aromatic N) is 4. The third kappa shape index (κ3) is 6.02. The maximum absolute atomic E-state index is 13.4. The Bertz CT molecular complexity index is 889. The molecular formula is C25H36N4O3S. The smallest absolute Gasteiger partial charge is 0.233 e. The van der Waals surface area contributed by atoms with E-state index in [1.165, 1.54) is 50.3 Å². The SMILES string of the molecule is COc1ccccc1OCc1nnc(SCC(=O)N(C2CCCCC2)C2CCCCC2)n1C. The van der Waals surface area contributed by atoms with Crippen LogP contribution in [0, 0.1) is 0 Å². The zero-order chi connectivity index (χ0) is 23.0. The van der Waals surface area contributed by atoms with Crippen molar-refractivity contribution in [3.63, 3.8) is 0 Å². The van der Waals surface area contributed by atoms with Gasteiger partial charge in [-0.25, -0.2) is 0 Å². The summed E-state index contributed by atoms with van der Waals surface area (Å²) >= 11 is 1.48. The lowest BCUT2D eigenvalue weighted by atomic mass is 9.88. The highest BCUT2D eigenvalue weighted by atomic mass is 32.2. The normalized spacial score (nSPS) is 17.6. The van der Waals surface area contributed by atoms with Crippen LogP contribution in [0.5, 0.6) is 11.5 Å². The van der Waals surface area contributed by atoms with Crippen LogP contribution >= 0.6 is 11.8 Å². The summed E-state index contributed by atoms with van der Waals surface area (Å²) in [5, 5.41) is 9.36. The monoisotopic (exact) mass is 472 g/mol. The van der Waals surface area contributed by atoms with Gasteiger partial charge >= 0.3 is 0 Å². The fourth-order valence-corrected chi connectivity index (χ4v) is 5.90. The number of rotatable bonds is 9. The highest BCUT2D eigenvalue weighted by Crippen LogP contribution is 2.31. The molecule has 2 aromatic rings. The summed E-state index contributed by atoms with van der Waals surface area (Å²) in [6.45, 7) is 0.286. The highest BCUT2D eigenvalue weighted by Gasteiger charge is 2.32. The van der Waals surface area contributed by atoms with Crippen LogP contribution in [0.3, 0.4) is 0 Å². The number of carbonyl (C=O) groups is 1. The van der Waals surface area contributed by atoms with E-state index < -0.39 is 0 Å². The molecule has 1 aromatic carbocycles. The van der Waals surface area contributed by atoms with Crippen LogP contribution < -0.4 is 9.47 Å². The van der Waals surface area contributed by atoms with Gasteiger partial charge in [0.05, 0.1) is 12.9 Å². The highest BCUT2D eigenvalue weighted by molar-refractivity contribution is 7.99. The molecule has 0 spiro atoms. The van der Waals surface area contributed by atoms with Gasteiger partial charge in [0.1, 0.15) is 6.61 Å². The van der Waals surface area contributed by atoms with Crippen LogP contribution in [0.1, 0.15) is 70.0 Å². The molecule has 1 heterocycles. The van der Waals surface area contributed by atoms with E-state index in [2.05, 4.69) is 15.1 Å². The molecule has 2 aliphatic carbocycles. The van der Waals surface area contributed by atoms with Crippen molar-refractivity contribution in [1.82, 2.24) is 19.7 Å². The van der Waals surface area contributed by atoms with Crippen molar-refractivity contribution in [1.29, 1.82) is 0 Å². The lowest BCUT2D eigenvalue weighted by molar-refractivity contribution is -0.135. The van der Waals surface area contributed by atoms with E-state index >= 15 is 0 Å². The first-order valence-corrected chi connectivity index (χ1v) is 13.2. The van der Waals surface area contributed by atoms with Crippen LogP contribution in [0.15, 0.2) is 29.4 Å². The molecular weight excluding hydrogens is 436 g/mol. The van der Waals surface area contributed by atoms with E-state index in [9.17, 15) is 4.79 Å². The molecule has 0 radical (unpaired) electrons. The molecule has 0 aliphatic heterocycles. The van der Waals surface area contributed by atoms with Gasteiger partial charge in [-0.2, -0.15) is 0 Å². The number of methoxy groups -OCH3 is 1. The van der Waals surface area contributed by atoms with E-state index in [-0.39, 0.29) is 12.5 Å². The minimum absolute atomic E-state index is 0.258. The molecule has 0 saturated heterocycles. The molecule has 7 nitrogen and oxygen atoms in total. The first-order valence-electron chi connectivity index (χ1n) is 12.3. The van der Waals surface area contributed by atoms with Crippen LogP contribution in [0.25, 0.3) is 0 Å². The fraction of sp³-hybridized carbons (Fsp3) is 0.640. The Balaban J connectivity index is 1.37. The van der Waals surface area contributed by atoms with Crippen molar-refractivity contribution in [3.05, 3.63) is 30.1 Å². The van der Waals surface area contributed by atoms with Crippen molar-refractivity contribution >= 4 is 17.7 Å². The number of benzene rings is 1. The maximum Gasteiger partial charge on any atom is 0.233 e. The van der Waals surface area contributed by atoms with Gasteiger partial charge in [-0.1, -0.05) is 62.4 Å². The topological polar surface area (TPSA) is 69.5 Å². The van der Waals surface area contributed by atoms with Crippen LogP contribution in [0.2, 0.25) is 0 Å². The zero-order valence-electron chi connectivity index (χ0n) is 19.9. The summed E-state index contributed by atoms with van der Waals surface area (Å²) in [6, 6.07) is 8.38. The average Bonchev–Trinajstić information content (AvgIpc) is 3.22. The third-order valence-electron chi connectivity index (χ3n) is 6.90. The summed E-state index contributed by atoms with van der Waals surface area (Å²) in [6.07, 6.45) is 12.2. The molecule has 0 bridgehead atoms. The number of aromatic nitrogens is 3. The molecule has 180 valence electrons. The Morgan fingerprint density at radius 1 is 1.00 bits per heavy atom. The van der Waals surface area contributed by atoms with Gasteiger partial charge in [0.25, 0.3) is 0 Å². The van der Waals surface area contributed by atoms with E-state index in [4.69, 9.17) is 9.47 Å². The van der Waals surface area contributed by atoms with Crippen molar-refractivity contribution in [2.24, 2.45) is 7.05 Å². The summed E-state index contributed by atoms with van der Waals surface area (Å²) < 4.78 is 13.2. The van der Waals surface area contributed by atoms with Crippen LogP contribution in [-0.4, -0.2) is 50.5 Å². The van der Waals surface area contributed by atoms with E-state index in [0.717, 1.165) is 30.8 Å². The number of amides is 1. The van der Waals surface area contributed by atoms with Crippen LogP contribution in [-0.2, 0) is 18.4 Å². The molecule has 1 aromatic heterocycles. The zero-order valence-corrected chi connectivity index (χ0v) is 20.7. The molecule has 8 heteroatoms. The standard InChI is InChI=1S/C25H36N4O3S/c1-28-23(17-32-22-16-10-9-15-21(22)31-2)26-27-25(28)33-18-24(30)29(19-11-5-3-6-12-19)20-13-7-4-8-14-20/h9-10,15-16,19-20H,3-8,11-14,17-18H2,1-2H3. The molecule has 2 aliphatic rings. The second-order valence-electron chi connectivity index (χ2n) is 9.07. The van der Waals surface area contributed by atoms with E-state index in [1.807, 2.05) is 35.9 Å². The van der Waals surface area contributed by atoms with Crippen molar-refractivity contribution in [3.8, 4) is 11.5 Å². The van der Waals surface area contributed by atoms with Gasteiger partial charge in [0.15, 0.2) is 22.5 Å². The Kier molecular flexibility index (Phi) is 8.53. The maximum atomic E-state index is 13.4. The van der Waals surface area contributed by atoms with E-state index in [1.54, 1.807) is 7.11 Å². The summed E-state index contributed by atoms with van der Waals surface area (Å²) in [5.74, 6) is 2.74. The summed E-state index contributed by atoms with van der Waals surface area (Å²) in [7, 11) is 3.55. The number of para-hydroxylation sites is 2. The minimum atomic E-state index is 0.258. The predicted molar refractivity (Wildman–Crippen MR) is 130 cm³/mol. The van der Waals surface area contributed by atoms with Crippen LogP contribution in [0.4, 0.5) is 0 Å². The molecule has 2 fully saturated rings. The quantitative estimate of drug-likeness (QED) is 0.479. The third-order valence-corrected chi connectivity index (χ3v) is 7.90. The second kappa shape index (κ2) is 11.8. The van der Waals surface area contributed by atoms with E-state index in [0.29, 0.717) is 35.2 Å². The van der Waals surface area contributed by atoms with Gasteiger partial charge in [-0.3, -0.25) is 4.79 Å². The first-order chi connectivity index (χ1) is 16.2. The van der Waals surface area contributed by atoms with Gasteiger partial charge in [-0.05, 0) is 37.8 Å². The fourth-order valence-electron chi connectivity index (χ4n) is 5.10. The Hall–Kier alpha value is -2.22. The number of hydrogen-bond donors (Lipinski definition) is 0. The van der Waals surface area contributed by atoms with Gasteiger partial charge in [0.2, 0.25) is 5.91 Å². The Morgan fingerprint density at radius 2 is 1.61 bits per heavy atom. The summed E-state index contributed by atoms with van der Waals surface area (Å²) in [4.78, 5) is 15.7. The molecule has 2 saturated carbocycles. The lowest BCUT2D eigenvalue weighted by Crippen LogP contribution is -2.49. The summed E-state index contributed by atoms with van der Waals surface area (Å²) in [5.41, 5.74) is 0. The molecule has 4 rings (SSSR count). The van der Waals surface area contributed by atoms with Gasteiger partial charge < -0.3 is 18.9 Å². The van der Waals surface area contributed by atoms with Crippen molar-refractivity contribution in [2.45, 2.75) is 88.1 Å². The molecule has 0 N–H and O–H groups in total. The number of ether oxygens (including phenoxy) is 2. The second-order valence-corrected chi connectivity index (χ2v) is 10.0. The molecule has 1 amide bonds. The molecule has 33 heavy (non-hydrogen) atoms. The average molecular weight is 473 g/mol.